The molecule has 2 atom stereocenters. The number of rotatable bonds is 4. The third kappa shape index (κ3) is 3.63. The quantitative estimate of drug-likeness (QED) is 0.800. The Morgan fingerprint density at radius 3 is 2.41 bits per heavy atom. The SMILES string of the molecule is O=C(N[C@@]12CCC[C@@](NC(=O)c3cccc(F)n3)(CC1)C2)C1=CCCC=N1. The third-order valence-electron chi connectivity index (χ3n) is 5.87. The van der Waals surface area contributed by atoms with Gasteiger partial charge in [0, 0.05) is 17.3 Å². The molecule has 0 aromatic carbocycles. The number of fused-ring (bicyclic) bond motifs is 2. The minimum Gasteiger partial charge on any atom is -0.345 e. The number of aromatic nitrogens is 1. The molecule has 2 fully saturated rings. The summed E-state index contributed by atoms with van der Waals surface area (Å²) in [6.07, 6.45) is 10.3. The van der Waals surface area contributed by atoms with Gasteiger partial charge in [0.2, 0.25) is 5.95 Å². The van der Waals surface area contributed by atoms with Gasteiger partial charge in [-0.1, -0.05) is 12.1 Å². The van der Waals surface area contributed by atoms with E-state index in [0.717, 1.165) is 44.9 Å². The number of amides is 2. The normalized spacial score (nSPS) is 29.1. The molecule has 2 aliphatic carbocycles. The number of hydrogen-bond acceptors (Lipinski definition) is 4. The molecule has 4 rings (SSSR count). The first-order chi connectivity index (χ1) is 13.0. The van der Waals surface area contributed by atoms with Gasteiger partial charge >= 0.3 is 0 Å². The van der Waals surface area contributed by atoms with Crippen molar-refractivity contribution in [3.63, 3.8) is 0 Å². The molecular formula is C20H23FN4O2. The van der Waals surface area contributed by atoms with Gasteiger partial charge < -0.3 is 10.6 Å². The van der Waals surface area contributed by atoms with Crippen LogP contribution in [0.4, 0.5) is 4.39 Å². The Morgan fingerprint density at radius 1 is 1.00 bits per heavy atom. The third-order valence-corrected chi connectivity index (χ3v) is 5.87. The molecule has 3 aliphatic rings. The molecule has 27 heavy (non-hydrogen) atoms. The molecule has 0 radical (unpaired) electrons. The summed E-state index contributed by atoms with van der Waals surface area (Å²) in [5.41, 5.74) is -0.128. The van der Waals surface area contributed by atoms with E-state index in [9.17, 15) is 14.0 Å². The average molecular weight is 370 g/mol. The second-order valence-electron chi connectivity index (χ2n) is 7.82. The summed E-state index contributed by atoms with van der Waals surface area (Å²) in [6.45, 7) is 0. The van der Waals surface area contributed by atoms with Crippen LogP contribution in [-0.4, -0.2) is 34.1 Å². The number of nitrogens with zero attached hydrogens (tertiary/aromatic N) is 2. The van der Waals surface area contributed by atoms with Gasteiger partial charge in [0.25, 0.3) is 11.8 Å². The fraction of sp³-hybridized carbons (Fsp3) is 0.500. The van der Waals surface area contributed by atoms with Crippen LogP contribution < -0.4 is 10.6 Å². The minimum atomic E-state index is -0.668. The topological polar surface area (TPSA) is 83.5 Å². The molecule has 142 valence electrons. The van der Waals surface area contributed by atoms with Crippen LogP contribution in [0.5, 0.6) is 0 Å². The highest BCUT2D eigenvalue weighted by Crippen LogP contribution is 2.48. The van der Waals surface area contributed by atoms with Crippen LogP contribution in [0, 0.1) is 5.95 Å². The zero-order chi connectivity index (χ0) is 18.9. The number of aliphatic imine (C=N–C) groups is 1. The molecule has 2 bridgehead atoms. The first kappa shape index (κ1) is 17.8. The second kappa shape index (κ2) is 6.87. The van der Waals surface area contributed by atoms with E-state index in [2.05, 4.69) is 20.6 Å². The van der Waals surface area contributed by atoms with E-state index in [0.29, 0.717) is 12.1 Å². The van der Waals surface area contributed by atoms with Crippen LogP contribution in [0.15, 0.2) is 35.0 Å². The van der Waals surface area contributed by atoms with Crippen molar-refractivity contribution < 1.29 is 14.0 Å². The zero-order valence-electron chi connectivity index (χ0n) is 15.1. The molecule has 7 heteroatoms. The van der Waals surface area contributed by atoms with Crippen molar-refractivity contribution in [3.05, 3.63) is 41.6 Å². The molecule has 0 unspecified atom stereocenters. The largest absolute Gasteiger partial charge is 0.345 e. The van der Waals surface area contributed by atoms with Crippen molar-refractivity contribution in [3.8, 4) is 0 Å². The van der Waals surface area contributed by atoms with E-state index in [4.69, 9.17) is 0 Å². The zero-order valence-corrected chi connectivity index (χ0v) is 15.1. The molecule has 2 amide bonds. The first-order valence-corrected chi connectivity index (χ1v) is 9.50. The number of halogens is 1. The fourth-order valence-electron chi connectivity index (χ4n) is 4.64. The predicted molar refractivity (Wildman–Crippen MR) is 98.8 cm³/mol. The average Bonchev–Trinajstić information content (AvgIpc) is 2.92. The number of carbonyl (C=O) groups excluding carboxylic acids is 2. The Bertz CT molecular complexity index is 837. The van der Waals surface area contributed by atoms with Crippen LogP contribution in [-0.2, 0) is 4.79 Å². The Kier molecular flexibility index (Phi) is 4.53. The van der Waals surface area contributed by atoms with Crippen LogP contribution >= 0.6 is 0 Å². The molecule has 2 saturated carbocycles. The highest BCUT2D eigenvalue weighted by Gasteiger charge is 2.52. The molecule has 0 saturated heterocycles. The summed E-state index contributed by atoms with van der Waals surface area (Å²) >= 11 is 0. The predicted octanol–water partition coefficient (Wildman–Crippen LogP) is 2.66. The highest BCUT2D eigenvalue weighted by atomic mass is 19.1. The second-order valence-corrected chi connectivity index (χ2v) is 7.82. The molecule has 2 N–H and O–H groups in total. The summed E-state index contributed by atoms with van der Waals surface area (Å²) in [6, 6.07) is 4.21. The van der Waals surface area contributed by atoms with Gasteiger partial charge in [-0.15, -0.1) is 0 Å². The molecular weight excluding hydrogens is 347 g/mol. The first-order valence-electron chi connectivity index (χ1n) is 9.50. The maximum atomic E-state index is 13.3. The van der Waals surface area contributed by atoms with Crippen molar-refractivity contribution in [2.24, 2.45) is 4.99 Å². The van der Waals surface area contributed by atoms with Crippen molar-refractivity contribution in [1.29, 1.82) is 0 Å². The summed E-state index contributed by atoms with van der Waals surface area (Å²) in [7, 11) is 0. The summed E-state index contributed by atoms with van der Waals surface area (Å²) in [4.78, 5) is 33.0. The Morgan fingerprint density at radius 2 is 1.74 bits per heavy atom. The van der Waals surface area contributed by atoms with Crippen LogP contribution in [0.1, 0.15) is 61.9 Å². The Labute approximate surface area is 157 Å². The fourth-order valence-corrected chi connectivity index (χ4v) is 4.64. The van der Waals surface area contributed by atoms with Crippen LogP contribution in [0.2, 0.25) is 0 Å². The van der Waals surface area contributed by atoms with Gasteiger partial charge in [0.1, 0.15) is 11.4 Å². The number of pyridine rings is 1. The highest BCUT2D eigenvalue weighted by molar-refractivity contribution is 5.95. The van der Waals surface area contributed by atoms with Gasteiger partial charge in [-0.05, 0) is 63.5 Å². The number of hydrogen-bond donors (Lipinski definition) is 2. The standard InChI is InChI=1S/C20H23FN4O2/c21-16-7-3-6-15(23-16)18(27)25-20-9-4-8-19(13-20,10-11-20)24-17(26)14-5-1-2-12-22-14/h3,5-7,12H,1-2,4,8-11,13H2,(H,24,26)(H,25,27)/t19-,20+/m0/s1. The van der Waals surface area contributed by atoms with E-state index >= 15 is 0 Å². The monoisotopic (exact) mass is 370 g/mol. The van der Waals surface area contributed by atoms with E-state index in [1.807, 2.05) is 6.08 Å². The lowest BCUT2D eigenvalue weighted by Gasteiger charge is -2.40. The lowest BCUT2D eigenvalue weighted by Crippen LogP contribution is -2.55. The number of allylic oxidation sites excluding steroid dienone is 1. The Balaban J connectivity index is 1.46. The molecule has 1 aliphatic heterocycles. The van der Waals surface area contributed by atoms with E-state index in [1.165, 1.54) is 18.2 Å². The van der Waals surface area contributed by atoms with Gasteiger partial charge in [0.05, 0.1) is 0 Å². The molecule has 2 heterocycles. The van der Waals surface area contributed by atoms with Crippen molar-refractivity contribution >= 4 is 18.0 Å². The van der Waals surface area contributed by atoms with Crippen LogP contribution in [0.25, 0.3) is 0 Å². The van der Waals surface area contributed by atoms with Gasteiger partial charge in [-0.3, -0.25) is 14.6 Å². The number of nitrogens with one attached hydrogen (secondary N) is 2. The van der Waals surface area contributed by atoms with Gasteiger partial charge in [-0.2, -0.15) is 4.39 Å². The minimum absolute atomic E-state index is 0.0817. The van der Waals surface area contributed by atoms with Gasteiger partial charge in [-0.25, -0.2) is 4.98 Å². The smallest absolute Gasteiger partial charge is 0.270 e. The van der Waals surface area contributed by atoms with E-state index in [-0.39, 0.29) is 28.6 Å². The molecule has 6 nitrogen and oxygen atoms in total. The maximum absolute atomic E-state index is 13.3. The van der Waals surface area contributed by atoms with Crippen molar-refractivity contribution in [2.45, 2.75) is 62.4 Å². The van der Waals surface area contributed by atoms with Crippen molar-refractivity contribution in [2.75, 3.05) is 0 Å². The maximum Gasteiger partial charge on any atom is 0.270 e. The van der Waals surface area contributed by atoms with E-state index < -0.39 is 5.95 Å². The summed E-state index contributed by atoms with van der Waals surface area (Å²) < 4.78 is 13.3. The molecule has 1 aromatic rings. The lowest BCUT2D eigenvalue weighted by atomic mass is 9.78. The summed E-state index contributed by atoms with van der Waals surface area (Å²) in [5, 5.41) is 6.27. The number of carbonyl (C=O) groups is 2. The lowest BCUT2D eigenvalue weighted by molar-refractivity contribution is -0.119. The molecule has 0 spiro atoms. The van der Waals surface area contributed by atoms with Crippen molar-refractivity contribution in [1.82, 2.24) is 15.6 Å². The molecule has 1 aromatic heterocycles. The van der Waals surface area contributed by atoms with E-state index in [1.54, 1.807) is 6.21 Å². The Hall–Kier alpha value is -2.57. The summed E-state index contributed by atoms with van der Waals surface area (Å²) in [5.74, 6) is -1.17. The van der Waals surface area contributed by atoms with Crippen LogP contribution in [0.3, 0.4) is 0 Å². The van der Waals surface area contributed by atoms with Gasteiger partial charge in [0.15, 0.2) is 0 Å².